The molecule has 1 rings (SSSR count). The van der Waals surface area contributed by atoms with Crippen LogP contribution in [0.15, 0.2) is 18.2 Å². The number of anilines is 1. The standard InChI is InChI=1S/C11H14FNO/c1-8-10(13)6-5-9(11(8)12)4-2-3-7-14/h2,4-6,14H,3,7,13H2,1H3. The molecule has 0 aliphatic carbocycles. The van der Waals surface area contributed by atoms with Crippen LogP contribution in [0.2, 0.25) is 0 Å². The molecule has 0 aromatic heterocycles. The van der Waals surface area contributed by atoms with Crippen molar-refractivity contribution in [1.29, 1.82) is 0 Å². The predicted octanol–water partition coefficient (Wildman–Crippen LogP) is 2.11. The minimum Gasteiger partial charge on any atom is -0.398 e. The molecule has 0 unspecified atom stereocenters. The first-order chi connectivity index (χ1) is 6.66. The lowest BCUT2D eigenvalue weighted by atomic mass is 10.1. The Bertz CT molecular complexity index is 347. The zero-order valence-corrected chi connectivity index (χ0v) is 8.13. The molecular formula is C11H14FNO. The zero-order chi connectivity index (χ0) is 10.6. The third kappa shape index (κ3) is 2.33. The second-order valence-corrected chi connectivity index (χ2v) is 3.10. The van der Waals surface area contributed by atoms with Crippen LogP contribution < -0.4 is 5.73 Å². The van der Waals surface area contributed by atoms with Crippen molar-refractivity contribution < 1.29 is 9.50 Å². The third-order valence-corrected chi connectivity index (χ3v) is 2.05. The molecule has 0 aliphatic rings. The van der Waals surface area contributed by atoms with E-state index < -0.39 is 0 Å². The Hall–Kier alpha value is -1.35. The highest BCUT2D eigenvalue weighted by atomic mass is 19.1. The first kappa shape index (κ1) is 10.7. The van der Waals surface area contributed by atoms with E-state index in [9.17, 15) is 4.39 Å². The molecule has 3 N–H and O–H groups in total. The molecular weight excluding hydrogens is 181 g/mol. The van der Waals surface area contributed by atoms with Gasteiger partial charge < -0.3 is 10.8 Å². The second kappa shape index (κ2) is 4.77. The minimum atomic E-state index is -0.292. The largest absolute Gasteiger partial charge is 0.398 e. The van der Waals surface area contributed by atoms with E-state index in [-0.39, 0.29) is 12.4 Å². The van der Waals surface area contributed by atoms with Crippen molar-refractivity contribution in [2.75, 3.05) is 12.3 Å². The van der Waals surface area contributed by atoms with Crippen LogP contribution in [-0.2, 0) is 0 Å². The highest BCUT2D eigenvalue weighted by Crippen LogP contribution is 2.19. The number of halogens is 1. The summed E-state index contributed by atoms with van der Waals surface area (Å²) in [5.41, 5.74) is 6.97. The molecule has 0 radical (unpaired) electrons. The van der Waals surface area contributed by atoms with Gasteiger partial charge in [-0.3, -0.25) is 0 Å². The van der Waals surface area contributed by atoms with Gasteiger partial charge in [-0.2, -0.15) is 0 Å². The number of rotatable bonds is 3. The lowest BCUT2D eigenvalue weighted by Gasteiger charge is -2.03. The molecule has 76 valence electrons. The number of nitrogens with two attached hydrogens (primary N) is 1. The molecule has 14 heavy (non-hydrogen) atoms. The molecule has 0 amide bonds. The summed E-state index contributed by atoms with van der Waals surface area (Å²) >= 11 is 0. The molecule has 0 saturated heterocycles. The van der Waals surface area contributed by atoms with Crippen molar-refractivity contribution in [2.45, 2.75) is 13.3 Å². The molecule has 0 atom stereocenters. The summed E-state index contributed by atoms with van der Waals surface area (Å²) in [6, 6.07) is 3.31. The zero-order valence-electron chi connectivity index (χ0n) is 8.13. The normalized spacial score (nSPS) is 11.1. The summed E-state index contributed by atoms with van der Waals surface area (Å²) in [6.07, 6.45) is 3.91. The van der Waals surface area contributed by atoms with E-state index in [1.54, 1.807) is 31.2 Å². The second-order valence-electron chi connectivity index (χ2n) is 3.10. The van der Waals surface area contributed by atoms with E-state index in [0.29, 0.717) is 23.2 Å². The first-order valence-corrected chi connectivity index (χ1v) is 4.48. The average molecular weight is 195 g/mol. The summed E-state index contributed by atoms with van der Waals surface area (Å²) in [5.74, 6) is -0.292. The van der Waals surface area contributed by atoms with Gasteiger partial charge in [0.2, 0.25) is 0 Å². The van der Waals surface area contributed by atoms with Gasteiger partial charge in [-0.1, -0.05) is 12.2 Å². The monoisotopic (exact) mass is 195 g/mol. The summed E-state index contributed by atoms with van der Waals surface area (Å²) < 4.78 is 13.5. The number of benzene rings is 1. The van der Waals surface area contributed by atoms with Crippen LogP contribution in [0.3, 0.4) is 0 Å². The molecule has 0 bridgehead atoms. The maximum atomic E-state index is 13.5. The molecule has 1 aromatic carbocycles. The summed E-state index contributed by atoms with van der Waals surface area (Å²) in [6.45, 7) is 1.72. The van der Waals surface area contributed by atoms with Crippen molar-refractivity contribution in [3.05, 3.63) is 35.2 Å². The van der Waals surface area contributed by atoms with Crippen molar-refractivity contribution in [2.24, 2.45) is 0 Å². The quantitative estimate of drug-likeness (QED) is 0.725. The Labute approximate surface area is 82.9 Å². The molecule has 2 nitrogen and oxygen atoms in total. The summed E-state index contributed by atoms with van der Waals surface area (Å²) in [7, 11) is 0. The van der Waals surface area contributed by atoms with Crippen molar-refractivity contribution in [3.63, 3.8) is 0 Å². The van der Waals surface area contributed by atoms with Gasteiger partial charge in [0.15, 0.2) is 0 Å². The maximum Gasteiger partial charge on any atom is 0.135 e. The average Bonchev–Trinajstić information content (AvgIpc) is 2.18. The van der Waals surface area contributed by atoms with Crippen LogP contribution >= 0.6 is 0 Å². The lowest BCUT2D eigenvalue weighted by Crippen LogP contribution is -1.95. The van der Waals surface area contributed by atoms with E-state index in [2.05, 4.69) is 0 Å². The topological polar surface area (TPSA) is 46.2 Å². The van der Waals surface area contributed by atoms with E-state index in [4.69, 9.17) is 10.8 Å². The predicted molar refractivity (Wildman–Crippen MR) is 56.3 cm³/mol. The van der Waals surface area contributed by atoms with Crippen molar-refractivity contribution in [1.82, 2.24) is 0 Å². The third-order valence-electron chi connectivity index (χ3n) is 2.05. The van der Waals surface area contributed by atoms with Crippen LogP contribution in [0.4, 0.5) is 10.1 Å². The van der Waals surface area contributed by atoms with E-state index >= 15 is 0 Å². The number of hydrogen-bond donors (Lipinski definition) is 2. The molecule has 1 aromatic rings. The number of hydrogen-bond acceptors (Lipinski definition) is 2. The molecule has 0 heterocycles. The van der Waals surface area contributed by atoms with E-state index in [1.165, 1.54) is 0 Å². The molecule has 0 fully saturated rings. The fourth-order valence-corrected chi connectivity index (χ4v) is 1.13. The van der Waals surface area contributed by atoms with Gasteiger partial charge in [-0.15, -0.1) is 0 Å². The van der Waals surface area contributed by atoms with Crippen LogP contribution in [0.5, 0.6) is 0 Å². The smallest absolute Gasteiger partial charge is 0.135 e. The Morgan fingerprint density at radius 3 is 2.86 bits per heavy atom. The Morgan fingerprint density at radius 1 is 1.50 bits per heavy atom. The highest BCUT2D eigenvalue weighted by Gasteiger charge is 2.04. The lowest BCUT2D eigenvalue weighted by molar-refractivity contribution is 0.303. The number of aliphatic hydroxyl groups is 1. The van der Waals surface area contributed by atoms with Gasteiger partial charge in [0.25, 0.3) is 0 Å². The van der Waals surface area contributed by atoms with Crippen LogP contribution in [0.25, 0.3) is 6.08 Å². The van der Waals surface area contributed by atoms with E-state index in [1.807, 2.05) is 0 Å². The van der Waals surface area contributed by atoms with Gasteiger partial charge in [0, 0.05) is 23.4 Å². The maximum absolute atomic E-state index is 13.5. The molecule has 0 saturated carbocycles. The summed E-state index contributed by atoms with van der Waals surface area (Å²) in [4.78, 5) is 0. The van der Waals surface area contributed by atoms with Gasteiger partial charge in [-0.05, 0) is 25.5 Å². The molecule has 0 aliphatic heterocycles. The molecule has 3 heteroatoms. The van der Waals surface area contributed by atoms with E-state index in [0.717, 1.165) is 0 Å². The van der Waals surface area contributed by atoms with Crippen molar-refractivity contribution >= 4 is 11.8 Å². The highest BCUT2D eigenvalue weighted by molar-refractivity contribution is 5.58. The summed E-state index contributed by atoms with van der Waals surface area (Å²) in [5, 5.41) is 8.55. The fraction of sp³-hybridized carbons (Fsp3) is 0.273. The van der Waals surface area contributed by atoms with Crippen LogP contribution in [0.1, 0.15) is 17.5 Å². The van der Waals surface area contributed by atoms with Gasteiger partial charge >= 0.3 is 0 Å². The van der Waals surface area contributed by atoms with Gasteiger partial charge in [0.05, 0.1) is 0 Å². The van der Waals surface area contributed by atoms with Gasteiger partial charge in [-0.25, -0.2) is 4.39 Å². The Balaban J connectivity index is 2.94. The Morgan fingerprint density at radius 2 is 2.21 bits per heavy atom. The fourth-order valence-electron chi connectivity index (χ4n) is 1.13. The van der Waals surface area contributed by atoms with Gasteiger partial charge in [0.1, 0.15) is 5.82 Å². The number of nitrogen functional groups attached to an aromatic ring is 1. The SMILES string of the molecule is Cc1c(N)ccc(C=CCCO)c1F. The Kier molecular flexibility index (Phi) is 3.65. The first-order valence-electron chi connectivity index (χ1n) is 4.48. The minimum absolute atomic E-state index is 0.0755. The van der Waals surface area contributed by atoms with Crippen molar-refractivity contribution in [3.8, 4) is 0 Å². The van der Waals surface area contributed by atoms with Crippen LogP contribution in [0, 0.1) is 12.7 Å². The van der Waals surface area contributed by atoms with Crippen LogP contribution in [-0.4, -0.2) is 11.7 Å². The molecule has 0 spiro atoms. The number of aliphatic hydroxyl groups excluding tert-OH is 1.